The van der Waals surface area contributed by atoms with E-state index >= 15 is 0 Å². The van der Waals surface area contributed by atoms with Crippen LogP contribution in [-0.4, -0.2) is 18.7 Å². The summed E-state index contributed by atoms with van der Waals surface area (Å²) < 4.78 is 6.14. The topological polar surface area (TPSA) is 50.7 Å². The fourth-order valence-electron chi connectivity index (χ4n) is 2.75. The largest absolute Gasteiger partial charge is 0.497 e. The van der Waals surface area contributed by atoms with Crippen molar-refractivity contribution < 1.29 is 9.53 Å². The Morgan fingerprint density at radius 2 is 2.00 bits per heavy atom. The average Bonchev–Trinajstić information content (AvgIpc) is 2.75. The second-order valence-corrected chi connectivity index (χ2v) is 7.07. The Labute approximate surface area is 144 Å². The first-order chi connectivity index (χ1) is 11.2. The number of carbonyl (C=O) groups is 1. The van der Waals surface area contributed by atoms with Gasteiger partial charge in [-0.2, -0.15) is 5.10 Å². The number of thiophene rings is 1. The van der Waals surface area contributed by atoms with Gasteiger partial charge < -0.3 is 4.74 Å². The minimum atomic E-state index is -0.244. The van der Waals surface area contributed by atoms with E-state index in [0.29, 0.717) is 9.90 Å². The van der Waals surface area contributed by atoms with E-state index in [2.05, 4.69) is 10.5 Å². The molecule has 1 aromatic heterocycles. The number of carbonyl (C=O) groups excluding carboxylic acids is 1. The first kappa shape index (κ1) is 16.3. The predicted octanol–water partition coefficient (Wildman–Crippen LogP) is 5.00. The molecule has 6 heteroatoms. The Kier molecular flexibility index (Phi) is 5.18. The first-order valence-corrected chi connectivity index (χ1v) is 9.00. The highest BCUT2D eigenvalue weighted by molar-refractivity contribution is 7.21. The fourth-order valence-corrected chi connectivity index (χ4v) is 4.18. The molecule has 1 aliphatic carbocycles. The summed E-state index contributed by atoms with van der Waals surface area (Å²) >= 11 is 7.71. The number of hydrazone groups is 1. The number of hydrogen-bond donors (Lipinski definition) is 1. The average molecular weight is 351 g/mol. The van der Waals surface area contributed by atoms with E-state index in [4.69, 9.17) is 16.3 Å². The Morgan fingerprint density at radius 3 is 2.70 bits per heavy atom. The highest BCUT2D eigenvalue weighted by Gasteiger charge is 2.17. The monoisotopic (exact) mass is 350 g/mol. The normalized spacial score (nSPS) is 15.3. The van der Waals surface area contributed by atoms with Gasteiger partial charge in [0.15, 0.2) is 0 Å². The van der Waals surface area contributed by atoms with Gasteiger partial charge >= 0.3 is 0 Å². The number of ether oxygens (including phenoxy) is 1. The van der Waals surface area contributed by atoms with Crippen LogP contribution in [-0.2, 0) is 0 Å². The lowest BCUT2D eigenvalue weighted by molar-refractivity contribution is 0.0959. The summed E-state index contributed by atoms with van der Waals surface area (Å²) in [5.74, 6) is 0.507. The highest BCUT2D eigenvalue weighted by Crippen LogP contribution is 2.37. The van der Waals surface area contributed by atoms with E-state index < -0.39 is 0 Å². The van der Waals surface area contributed by atoms with Gasteiger partial charge in [0.25, 0.3) is 5.91 Å². The number of nitrogens with one attached hydrogen (secondary N) is 1. The molecule has 0 atom stereocenters. The van der Waals surface area contributed by atoms with Crippen LogP contribution in [0, 0.1) is 0 Å². The van der Waals surface area contributed by atoms with Crippen LogP contribution < -0.4 is 10.2 Å². The third-order valence-corrected chi connectivity index (χ3v) is 5.70. The Hall–Kier alpha value is -1.59. The van der Waals surface area contributed by atoms with Gasteiger partial charge in [-0.25, -0.2) is 5.43 Å². The molecule has 1 heterocycles. The number of nitrogens with zero attached hydrogens (tertiary/aromatic N) is 1. The lowest BCUT2D eigenvalue weighted by atomic mass is 10.2. The standard InChI is InChI=1S/C17H19ClN2O2S/c1-22-12-8-9-13-14(10-12)23-16(15(13)18)17(21)20-19-11-6-4-2-3-5-7-11/h8-10H,2-7H2,1H3,(H,20,21). The molecule has 0 unspecified atom stereocenters. The van der Waals surface area contributed by atoms with Crippen LogP contribution in [0.25, 0.3) is 10.1 Å². The maximum atomic E-state index is 12.4. The molecule has 0 bridgehead atoms. The third-order valence-electron chi connectivity index (χ3n) is 4.04. The van der Waals surface area contributed by atoms with Gasteiger partial charge in [-0.15, -0.1) is 11.3 Å². The second kappa shape index (κ2) is 7.32. The van der Waals surface area contributed by atoms with Crippen molar-refractivity contribution >= 4 is 44.6 Å². The first-order valence-electron chi connectivity index (χ1n) is 7.81. The molecule has 0 saturated heterocycles. The van der Waals surface area contributed by atoms with E-state index in [1.807, 2.05) is 18.2 Å². The summed E-state index contributed by atoms with van der Waals surface area (Å²) in [6.07, 6.45) is 6.74. The van der Waals surface area contributed by atoms with E-state index in [1.54, 1.807) is 7.11 Å². The van der Waals surface area contributed by atoms with Crippen molar-refractivity contribution in [3.63, 3.8) is 0 Å². The molecule has 4 nitrogen and oxygen atoms in total. The van der Waals surface area contributed by atoms with Crippen molar-refractivity contribution in [2.45, 2.75) is 38.5 Å². The number of rotatable bonds is 3. The molecular formula is C17H19ClN2O2S. The van der Waals surface area contributed by atoms with Crippen molar-refractivity contribution in [2.75, 3.05) is 7.11 Å². The van der Waals surface area contributed by atoms with Crippen molar-refractivity contribution in [3.05, 3.63) is 28.1 Å². The maximum Gasteiger partial charge on any atom is 0.283 e. The van der Waals surface area contributed by atoms with Crippen LogP contribution in [0.1, 0.15) is 48.2 Å². The molecule has 0 spiro atoms. The molecule has 1 aliphatic rings. The molecular weight excluding hydrogens is 332 g/mol. The molecule has 1 N–H and O–H groups in total. The van der Waals surface area contributed by atoms with E-state index in [-0.39, 0.29) is 5.91 Å². The van der Waals surface area contributed by atoms with E-state index in [1.165, 1.54) is 24.2 Å². The van der Waals surface area contributed by atoms with Crippen LogP contribution in [0.15, 0.2) is 23.3 Å². The Bertz CT molecular complexity index is 744. The number of methoxy groups -OCH3 is 1. The van der Waals surface area contributed by atoms with Crippen molar-refractivity contribution in [3.8, 4) is 5.75 Å². The summed E-state index contributed by atoms with van der Waals surface area (Å²) in [7, 11) is 1.62. The van der Waals surface area contributed by atoms with Crippen molar-refractivity contribution in [2.24, 2.45) is 5.10 Å². The van der Waals surface area contributed by atoms with Crippen LogP contribution in [0.5, 0.6) is 5.75 Å². The molecule has 1 amide bonds. The quantitative estimate of drug-likeness (QED) is 0.625. The lowest BCUT2D eigenvalue weighted by Gasteiger charge is -2.02. The molecule has 2 aromatic rings. The molecule has 122 valence electrons. The van der Waals surface area contributed by atoms with E-state index in [9.17, 15) is 4.79 Å². The van der Waals surface area contributed by atoms with Crippen LogP contribution in [0.2, 0.25) is 5.02 Å². The van der Waals surface area contributed by atoms with E-state index in [0.717, 1.165) is 47.2 Å². The van der Waals surface area contributed by atoms with Crippen LogP contribution in [0.4, 0.5) is 0 Å². The van der Waals surface area contributed by atoms with Gasteiger partial charge in [-0.3, -0.25) is 4.79 Å². The second-order valence-electron chi connectivity index (χ2n) is 5.64. The smallest absolute Gasteiger partial charge is 0.283 e. The molecule has 3 rings (SSSR count). The number of fused-ring (bicyclic) bond motifs is 1. The summed E-state index contributed by atoms with van der Waals surface area (Å²) in [4.78, 5) is 12.9. The summed E-state index contributed by atoms with van der Waals surface area (Å²) in [6.45, 7) is 0. The van der Waals surface area contributed by atoms with Gasteiger partial charge in [0, 0.05) is 15.8 Å². The summed E-state index contributed by atoms with van der Waals surface area (Å²) in [6, 6.07) is 5.61. The van der Waals surface area contributed by atoms with Gasteiger partial charge in [0.1, 0.15) is 10.6 Å². The fraction of sp³-hybridized carbons (Fsp3) is 0.412. The lowest BCUT2D eigenvalue weighted by Crippen LogP contribution is -2.18. The molecule has 0 aliphatic heterocycles. The maximum absolute atomic E-state index is 12.4. The van der Waals surface area contributed by atoms with Crippen molar-refractivity contribution in [1.82, 2.24) is 5.43 Å². The molecule has 1 saturated carbocycles. The zero-order chi connectivity index (χ0) is 16.2. The predicted molar refractivity (Wildman–Crippen MR) is 96.0 cm³/mol. The third kappa shape index (κ3) is 3.67. The molecule has 0 radical (unpaired) electrons. The SMILES string of the molecule is COc1ccc2c(Cl)c(C(=O)NN=C3CCCCCC3)sc2c1. The summed E-state index contributed by atoms with van der Waals surface area (Å²) in [5, 5.41) is 5.65. The number of halogens is 1. The molecule has 1 fully saturated rings. The number of amides is 1. The molecule has 1 aromatic carbocycles. The van der Waals surface area contributed by atoms with Crippen LogP contribution in [0.3, 0.4) is 0 Å². The van der Waals surface area contributed by atoms with Gasteiger partial charge in [-0.1, -0.05) is 24.4 Å². The zero-order valence-electron chi connectivity index (χ0n) is 13.0. The minimum absolute atomic E-state index is 0.244. The number of benzene rings is 1. The van der Waals surface area contributed by atoms with Gasteiger partial charge in [0.2, 0.25) is 0 Å². The van der Waals surface area contributed by atoms with Gasteiger partial charge in [0.05, 0.1) is 12.1 Å². The highest BCUT2D eigenvalue weighted by atomic mass is 35.5. The van der Waals surface area contributed by atoms with Gasteiger partial charge in [-0.05, 0) is 43.9 Å². The number of hydrogen-bond acceptors (Lipinski definition) is 4. The van der Waals surface area contributed by atoms with Crippen LogP contribution >= 0.6 is 22.9 Å². The minimum Gasteiger partial charge on any atom is -0.497 e. The summed E-state index contributed by atoms with van der Waals surface area (Å²) in [5.41, 5.74) is 3.75. The molecule has 23 heavy (non-hydrogen) atoms. The van der Waals surface area contributed by atoms with Crippen molar-refractivity contribution in [1.29, 1.82) is 0 Å². The Morgan fingerprint density at radius 1 is 1.26 bits per heavy atom. The zero-order valence-corrected chi connectivity index (χ0v) is 14.6. The Balaban J connectivity index is 1.80.